The molecule has 2 aliphatic rings. The molecule has 4 heterocycles. The predicted molar refractivity (Wildman–Crippen MR) is 107 cm³/mol. The molecule has 2 aromatic heterocycles. The molecule has 0 bridgehead atoms. The van der Waals surface area contributed by atoms with Crippen LogP contribution in [0.2, 0.25) is 0 Å². The molecule has 1 unspecified atom stereocenters. The van der Waals surface area contributed by atoms with Crippen molar-refractivity contribution in [2.75, 3.05) is 37.7 Å². The van der Waals surface area contributed by atoms with E-state index in [4.69, 9.17) is 16.2 Å². The highest BCUT2D eigenvalue weighted by Crippen LogP contribution is 2.35. The number of aliphatic hydroxyl groups is 2. The first-order valence-electron chi connectivity index (χ1n) is 9.57. The number of nitrogens with two attached hydrogens (primary N) is 2. The van der Waals surface area contributed by atoms with Gasteiger partial charge in [0.1, 0.15) is 24.1 Å². The Morgan fingerprint density at radius 1 is 1.18 bits per heavy atom. The summed E-state index contributed by atoms with van der Waals surface area (Å²) in [5.74, 6) is 0.893. The van der Waals surface area contributed by atoms with Crippen LogP contribution in [0.25, 0.3) is 11.2 Å². The average Bonchev–Trinajstić information content (AvgIpc) is 3.25. The maximum Gasteiger partial charge on any atom is 0.167 e. The highest BCUT2D eigenvalue weighted by molar-refractivity contribution is 7.99. The summed E-state index contributed by atoms with van der Waals surface area (Å²) in [5.41, 5.74) is 12.4. The number of aromatic nitrogens is 4. The molecule has 10 nitrogen and oxygen atoms in total. The van der Waals surface area contributed by atoms with Gasteiger partial charge in [-0.2, -0.15) is 11.8 Å². The lowest BCUT2D eigenvalue weighted by Gasteiger charge is -2.31. The molecule has 2 aromatic rings. The second-order valence-corrected chi connectivity index (χ2v) is 8.63. The lowest BCUT2D eigenvalue weighted by atomic mass is 10.1. The summed E-state index contributed by atoms with van der Waals surface area (Å²) in [7, 11) is 0. The lowest BCUT2D eigenvalue weighted by molar-refractivity contribution is -0.0289. The van der Waals surface area contributed by atoms with Crippen molar-refractivity contribution in [2.24, 2.45) is 5.73 Å². The summed E-state index contributed by atoms with van der Waals surface area (Å²) in [4.78, 5) is 14.7. The maximum absolute atomic E-state index is 10.5. The van der Waals surface area contributed by atoms with Crippen LogP contribution < -0.4 is 11.5 Å². The summed E-state index contributed by atoms with van der Waals surface area (Å²) in [6.45, 7) is 3.74. The molecule has 0 saturated carbocycles. The maximum atomic E-state index is 10.5. The molecule has 0 spiro atoms. The monoisotopic (exact) mass is 409 g/mol. The van der Waals surface area contributed by atoms with Gasteiger partial charge in [-0.1, -0.05) is 0 Å². The van der Waals surface area contributed by atoms with E-state index < -0.39 is 24.5 Å². The molecule has 2 fully saturated rings. The lowest BCUT2D eigenvalue weighted by Crippen LogP contribution is -2.38. The summed E-state index contributed by atoms with van der Waals surface area (Å²) in [6.07, 6.45) is 1.81. The fourth-order valence-corrected chi connectivity index (χ4v) is 5.15. The molecule has 4 atom stereocenters. The minimum absolute atomic E-state index is 0.268. The van der Waals surface area contributed by atoms with Crippen molar-refractivity contribution in [3.63, 3.8) is 0 Å². The van der Waals surface area contributed by atoms with Gasteiger partial charge in [-0.3, -0.25) is 4.57 Å². The fourth-order valence-electron chi connectivity index (χ4n) is 3.87. The number of imidazole rings is 1. The van der Waals surface area contributed by atoms with E-state index in [2.05, 4.69) is 19.9 Å². The first-order chi connectivity index (χ1) is 13.6. The number of thioether (sulfide) groups is 1. The number of nitrogens with zero attached hydrogens (tertiary/aromatic N) is 5. The van der Waals surface area contributed by atoms with Gasteiger partial charge in [-0.15, -0.1) is 0 Å². The summed E-state index contributed by atoms with van der Waals surface area (Å²) in [5, 5.41) is 21.6. The highest BCUT2D eigenvalue weighted by atomic mass is 32.2. The van der Waals surface area contributed by atoms with Gasteiger partial charge in [0.05, 0.1) is 12.4 Å². The van der Waals surface area contributed by atoms with Gasteiger partial charge in [0.15, 0.2) is 17.7 Å². The van der Waals surface area contributed by atoms with E-state index in [1.807, 2.05) is 0 Å². The Morgan fingerprint density at radius 3 is 2.71 bits per heavy atom. The van der Waals surface area contributed by atoms with Crippen molar-refractivity contribution in [2.45, 2.75) is 42.6 Å². The second kappa shape index (κ2) is 8.47. The van der Waals surface area contributed by atoms with Crippen molar-refractivity contribution < 1.29 is 14.9 Å². The van der Waals surface area contributed by atoms with E-state index in [0.717, 1.165) is 32.5 Å². The Bertz CT molecular complexity index is 798. The van der Waals surface area contributed by atoms with Crippen LogP contribution in [0.5, 0.6) is 0 Å². The van der Waals surface area contributed by atoms with Crippen molar-refractivity contribution in [3.8, 4) is 0 Å². The number of nitrogen functional groups attached to an aromatic ring is 1. The fraction of sp³-hybridized carbons (Fsp3) is 0.706. The molecule has 0 amide bonds. The van der Waals surface area contributed by atoms with Crippen LogP contribution in [0.15, 0.2) is 12.7 Å². The molecule has 4 rings (SSSR count). The Kier molecular flexibility index (Phi) is 5.99. The quantitative estimate of drug-likeness (QED) is 0.477. The van der Waals surface area contributed by atoms with Crippen LogP contribution in [0.3, 0.4) is 0 Å². The van der Waals surface area contributed by atoms with Crippen molar-refractivity contribution in [3.05, 3.63) is 12.7 Å². The average molecular weight is 410 g/mol. The topological polar surface area (TPSA) is 149 Å². The van der Waals surface area contributed by atoms with Gasteiger partial charge >= 0.3 is 0 Å². The zero-order valence-electron chi connectivity index (χ0n) is 15.6. The van der Waals surface area contributed by atoms with E-state index in [1.165, 1.54) is 12.7 Å². The zero-order valence-corrected chi connectivity index (χ0v) is 16.4. The van der Waals surface area contributed by atoms with E-state index >= 15 is 0 Å². The minimum atomic E-state index is -1.06. The second-order valence-electron chi connectivity index (χ2n) is 7.29. The Hall–Kier alpha value is -1.50. The zero-order chi connectivity index (χ0) is 19.7. The van der Waals surface area contributed by atoms with Crippen molar-refractivity contribution >= 4 is 28.7 Å². The predicted octanol–water partition coefficient (Wildman–Crippen LogP) is -0.816. The summed E-state index contributed by atoms with van der Waals surface area (Å²) < 4.78 is 7.61. The van der Waals surface area contributed by atoms with Crippen LogP contribution in [0.1, 0.15) is 19.1 Å². The third-order valence-corrected chi connectivity index (χ3v) is 6.94. The number of piperidine rings is 1. The van der Waals surface area contributed by atoms with Crippen molar-refractivity contribution in [1.29, 1.82) is 0 Å². The van der Waals surface area contributed by atoms with Crippen LogP contribution in [0.4, 0.5) is 5.82 Å². The third-order valence-electron chi connectivity index (χ3n) is 5.47. The van der Waals surface area contributed by atoms with Crippen LogP contribution in [-0.2, 0) is 4.74 Å². The molecule has 2 saturated heterocycles. The number of hydrogen-bond acceptors (Lipinski definition) is 10. The minimum Gasteiger partial charge on any atom is -0.387 e. The number of ether oxygens (including phenoxy) is 1. The Labute approximate surface area is 167 Å². The molecule has 6 N–H and O–H groups in total. The highest BCUT2D eigenvalue weighted by Gasteiger charge is 2.44. The first-order valence-corrected chi connectivity index (χ1v) is 10.6. The number of rotatable bonds is 6. The molecular weight excluding hydrogens is 382 g/mol. The first kappa shape index (κ1) is 19.8. The molecule has 0 aliphatic carbocycles. The van der Waals surface area contributed by atoms with Crippen LogP contribution in [-0.4, -0.2) is 90.1 Å². The van der Waals surface area contributed by atoms with Gasteiger partial charge < -0.3 is 31.3 Å². The molecule has 28 heavy (non-hydrogen) atoms. The number of aliphatic hydroxyl groups excluding tert-OH is 2. The number of fused-ring (bicyclic) bond motifs is 1. The van der Waals surface area contributed by atoms with Gasteiger partial charge in [-0.25, -0.2) is 15.0 Å². The van der Waals surface area contributed by atoms with Gasteiger partial charge in [-0.05, 0) is 25.9 Å². The van der Waals surface area contributed by atoms with Gasteiger partial charge in [0.25, 0.3) is 0 Å². The summed E-state index contributed by atoms with van der Waals surface area (Å²) in [6, 6.07) is 0. The Balaban J connectivity index is 1.37. The molecule has 0 radical (unpaired) electrons. The van der Waals surface area contributed by atoms with E-state index in [-0.39, 0.29) is 5.82 Å². The van der Waals surface area contributed by atoms with E-state index in [1.54, 1.807) is 16.3 Å². The third kappa shape index (κ3) is 3.82. The normalized spacial score (nSPS) is 29.7. The summed E-state index contributed by atoms with van der Waals surface area (Å²) >= 11 is 1.80. The van der Waals surface area contributed by atoms with Gasteiger partial charge in [0.2, 0.25) is 0 Å². The van der Waals surface area contributed by atoms with E-state index in [0.29, 0.717) is 28.7 Å². The van der Waals surface area contributed by atoms with E-state index in [9.17, 15) is 10.2 Å². The standard InChI is InChI=1S/C17H27N7O3S/c18-3-6-23-4-1-10(2-5-23)28-7-11-13(25)14(26)17(27-11)24-9-22-12-15(19)20-8-21-16(12)24/h8-11,13-14,17,25-26H,1-7,18H2,(H2,19,20,21)/t11-,13?,14+,17-/m1/s1. The van der Waals surface area contributed by atoms with Crippen LogP contribution >= 0.6 is 11.8 Å². The molecule has 11 heteroatoms. The Morgan fingerprint density at radius 2 is 1.96 bits per heavy atom. The SMILES string of the molecule is NCCN1CCC(SC[C@H]2O[C@@H](n3cnc4c(N)ncnc43)[C@@H](O)C2O)CC1. The largest absolute Gasteiger partial charge is 0.387 e. The molecule has 0 aromatic carbocycles. The molecular formula is C17H27N7O3S. The van der Waals surface area contributed by atoms with Gasteiger partial charge in [0, 0.05) is 24.1 Å². The molecule has 154 valence electrons. The number of hydrogen-bond donors (Lipinski definition) is 4. The smallest absolute Gasteiger partial charge is 0.167 e. The van der Waals surface area contributed by atoms with Crippen molar-refractivity contribution in [1.82, 2.24) is 24.4 Å². The number of likely N-dealkylation sites (tertiary alicyclic amines) is 1. The number of anilines is 1. The van der Waals surface area contributed by atoms with Crippen LogP contribution in [0, 0.1) is 0 Å². The molecule has 2 aliphatic heterocycles.